The fourth-order valence-electron chi connectivity index (χ4n) is 2.57. The molecule has 0 aliphatic heterocycles. The first-order valence-electron chi connectivity index (χ1n) is 8.26. The van der Waals surface area contributed by atoms with Crippen LogP contribution in [0.2, 0.25) is 0 Å². The first-order valence-corrected chi connectivity index (χ1v) is 9.08. The Kier molecular flexibility index (Phi) is 6.94. The van der Waals surface area contributed by atoms with Crippen molar-refractivity contribution in [1.29, 1.82) is 0 Å². The van der Waals surface area contributed by atoms with E-state index in [0.717, 1.165) is 30.0 Å². The Bertz CT molecular complexity index is 669. The third kappa shape index (κ3) is 5.73. The second kappa shape index (κ2) is 8.94. The topological polar surface area (TPSA) is 40.5 Å². The molecule has 0 spiro atoms. The second-order valence-electron chi connectivity index (χ2n) is 6.19. The van der Waals surface area contributed by atoms with E-state index in [4.69, 9.17) is 5.11 Å². The normalized spacial score (nSPS) is 11.4. The fraction of sp³-hybridized carbons (Fsp3) is 0.421. The van der Waals surface area contributed by atoms with Gasteiger partial charge in [-0.3, -0.25) is 9.69 Å². The molecule has 3 nitrogen and oxygen atoms in total. The molecule has 0 amide bonds. The Balaban J connectivity index is 1.96. The van der Waals surface area contributed by atoms with Gasteiger partial charge < -0.3 is 5.11 Å². The first kappa shape index (κ1) is 18.6. The highest BCUT2D eigenvalue weighted by atomic mass is 32.1. The zero-order valence-corrected chi connectivity index (χ0v) is 15.0. The molecule has 0 unspecified atom stereocenters. The van der Waals surface area contributed by atoms with Crippen LogP contribution < -0.4 is 0 Å². The van der Waals surface area contributed by atoms with E-state index in [2.05, 4.69) is 24.8 Å². The molecular weight excluding hydrogens is 325 g/mol. The zero-order chi connectivity index (χ0) is 17.5. The number of carbonyl (C=O) groups is 1. The van der Waals surface area contributed by atoms with Crippen LogP contribution in [0.5, 0.6) is 0 Å². The summed E-state index contributed by atoms with van der Waals surface area (Å²) >= 11 is 1.68. The molecule has 24 heavy (non-hydrogen) atoms. The smallest absolute Gasteiger partial charge is 0.303 e. The number of nitrogens with zero attached hydrogens (tertiary/aromatic N) is 1. The number of rotatable bonds is 9. The number of halogens is 1. The quantitative estimate of drug-likeness (QED) is 0.646. The minimum Gasteiger partial charge on any atom is -0.481 e. The Morgan fingerprint density at radius 3 is 2.71 bits per heavy atom. The van der Waals surface area contributed by atoms with Crippen LogP contribution in [0, 0.1) is 5.82 Å². The van der Waals surface area contributed by atoms with Crippen molar-refractivity contribution in [2.75, 3.05) is 6.54 Å². The summed E-state index contributed by atoms with van der Waals surface area (Å²) in [6.45, 7) is 6.03. The van der Waals surface area contributed by atoms with Gasteiger partial charge in [0.2, 0.25) is 0 Å². The van der Waals surface area contributed by atoms with Gasteiger partial charge in [0.1, 0.15) is 5.82 Å². The molecule has 0 aliphatic rings. The highest BCUT2D eigenvalue weighted by molar-refractivity contribution is 7.15. The molecule has 0 bridgehead atoms. The summed E-state index contributed by atoms with van der Waals surface area (Å²) in [5, 5.41) is 8.71. The summed E-state index contributed by atoms with van der Waals surface area (Å²) in [7, 11) is 0. The number of benzene rings is 1. The van der Waals surface area contributed by atoms with Crippen LogP contribution in [0.15, 0.2) is 36.4 Å². The minimum absolute atomic E-state index is 0.218. The zero-order valence-electron chi connectivity index (χ0n) is 14.2. The van der Waals surface area contributed by atoms with Gasteiger partial charge in [-0.15, -0.1) is 11.3 Å². The minimum atomic E-state index is -0.732. The van der Waals surface area contributed by atoms with E-state index in [1.54, 1.807) is 23.5 Å². The second-order valence-corrected chi connectivity index (χ2v) is 7.36. The van der Waals surface area contributed by atoms with Gasteiger partial charge in [0.05, 0.1) is 0 Å². The van der Waals surface area contributed by atoms with E-state index in [1.165, 1.54) is 10.9 Å². The van der Waals surface area contributed by atoms with Gasteiger partial charge in [-0.1, -0.05) is 12.1 Å². The Morgan fingerprint density at radius 1 is 1.25 bits per heavy atom. The molecule has 0 atom stereocenters. The van der Waals surface area contributed by atoms with Crippen LogP contribution >= 0.6 is 11.3 Å². The van der Waals surface area contributed by atoms with Crippen LogP contribution in [-0.2, 0) is 11.3 Å². The van der Waals surface area contributed by atoms with E-state index in [-0.39, 0.29) is 12.2 Å². The van der Waals surface area contributed by atoms with Crippen LogP contribution in [-0.4, -0.2) is 28.6 Å². The van der Waals surface area contributed by atoms with Crippen molar-refractivity contribution < 1.29 is 14.3 Å². The number of hydrogen-bond acceptors (Lipinski definition) is 3. The molecule has 0 fully saturated rings. The maximum atomic E-state index is 13.4. The fourth-order valence-corrected chi connectivity index (χ4v) is 3.60. The molecule has 5 heteroatoms. The third-order valence-corrected chi connectivity index (χ3v) is 5.07. The van der Waals surface area contributed by atoms with Crippen LogP contribution in [0.25, 0.3) is 10.4 Å². The van der Waals surface area contributed by atoms with Gasteiger partial charge in [-0.2, -0.15) is 0 Å². The third-order valence-electron chi connectivity index (χ3n) is 3.95. The molecule has 0 radical (unpaired) electrons. The van der Waals surface area contributed by atoms with E-state index < -0.39 is 5.97 Å². The Labute approximate surface area is 146 Å². The number of carboxylic acid groups (broad SMARTS) is 1. The summed E-state index contributed by atoms with van der Waals surface area (Å²) in [4.78, 5) is 15.2. The molecular formula is C19H24FNO2S. The summed E-state index contributed by atoms with van der Waals surface area (Å²) < 4.78 is 13.4. The largest absolute Gasteiger partial charge is 0.481 e. The highest BCUT2D eigenvalue weighted by Crippen LogP contribution is 2.29. The van der Waals surface area contributed by atoms with Crippen molar-refractivity contribution in [3.8, 4) is 10.4 Å². The Hall–Kier alpha value is -1.72. The molecule has 1 aromatic heterocycles. The lowest BCUT2D eigenvalue weighted by Gasteiger charge is -2.25. The predicted molar refractivity (Wildman–Crippen MR) is 96.7 cm³/mol. The molecule has 1 heterocycles. The molecule has 1 aromatic carbocycles. The average molecular weight is 349 g/mol. The lowest BCUT2D eigenvalue weighted by molar-refractivity contribution is -0.137. The molecule has 2 aromatic rings. The molecule has 0 saturated carbocycles. The van der Waals surface area contributed by atoms with Gasteiger partial charge >= 0.3 is 5.97 Å². The standard InChI is InChI=1S/C19H24FNO2S/c1-14(2)21(11-4-3-8-19(22)23)13-17-9-10-18(24-17)15-6-5-7-16(20)12-15/h5-7,9-10,12,14H,3-4,8,11,13H2,1-2H3,(H,22,23). The molecule has 0 saturated heterocycles. The number of aliphatic carboxylic acids is 1. The van der Waals surface area contributed by atoms with Crippen molar-refractivity contribution in [3.63, 3.8) is 0 Å². The van der Waals surface area contributed by atoms with Gasteiger partial charge in [-0.05, 0) is 63.1 Å². The van der Waals surface area contributed by atoms with Gasteiger partial charge in [0, 0.05) is 28.8 Å². The Morgan fingerprint density at radius 2 is 2.04 bits per heavy atom. The number of unbranched alkanes of at least 4 members (excludes halogenated alkanes) is 1. The number of hydrogen-bond donors (Lipinski definition) is 1. The van der Waals surface area contributed by atoms with E-state index in [9.17, 15) is 9.18 Å². The molecule has 0 aliphatic carbocycles. The first-order chi connectivity index (χ1) is 11.5. The monoisotopic (exact) mass is 349 g/mol. The van der Waals surface area contributed by atoms with Crippen LogP contribution in [0.3, 0.4) is 0 Å². The average Bonchev–Trinajstić information content (AvgIpc) is 2.98. The van der Waals surface area contributed by atoms with Crippen molar-refractivity contribution in [2.24, 2.45) is 0 Å². The summed E-state index contributed by atoms with van der Waals surface area (Å²) in [5.41, 5.74) is 0.906. The van der Waals surface area contributed by atoms with Crippen molar-refractivity contribution in [3.05, 3.63) is 47.1 Å². The summed E-state index contributed by atoms with van der Waals surface area (Å²) in [6, 6.07) is 11.2. The predicted octanol–water partition coefficient (Wildman–Crippen LogP) is 5.02. The van der Waals surface area contributed by atoms with Gasteiger partial charge in [-0.25, -0.2) is 4.39 Å². The lowest BCUT2D eigenvalue weighted by atomic mass is 10.2. The van der Waals surface area contributed by atoms with Crippen molar-refractivity contribution in [1.82, 2.24) is 4.90 Å². The summed E-state index contributed by atoms with van der Waals surface area (Å²) in [6.07, 6.45) is 1.82. The highest BCUT2D eigenvalue weighted by Gasteiger charge is 2.12. The van der Waals surface area contributed by atoms with E-state index in [0.29, 0.717) is 12.5 Å². The van der Waals surface area contributed by atoms with E-state index in [1.807, 2.05) is 12.1 Å². The van der Waals surface area contributed by atoms with Crippen molar-refractivity contribution >= 4 is 17.3 Å². The molecule has 1 N–H and O–H groups in total. The van der Waals surface area contributed by atoms with Crippen molar-refractivity contribution in [2.45, 2.75) is 45.7 Å². The number of carboxylic acids is 1. The maximum Gasteiger partial charge on any atom is 0.303 e. The van der Waals surface area contributed by atoms with Crippen LogP contribution in [0.1, 0.15) is 38.0 Å². The van der Waals surface area contributed by atoms with E-state index >= 15 is 0 Å². The number of thiophene rings is 1. The maximum absolute atomic E-state index is 13.4. The summed E-state index contributed by atoms with van der Waals surface area (Å²) in [5.74, 6) is -0.950. The van der Waals surface area contributed by atoms with Gasteiger partial charge in [0.15, 0.2) is 0 Å². The SMILES string of the molecule is CC(C)N(CCCCC(=O)O)Cc1ccc(-c2cccc(F)c2)s1. The van der Waals surface area contributed by atoms with Crippen LogP contribution in [0.4, 0.5) is 4.39 Å². The molecule has 2 rings (SSSR count). The van der Waals surface area contributed by atoms with Gasteiger partial charge in [0.25, 0.3) is 0 Å². The molecule has 130 valence electrons. The lowest BCUT2D eigenvalue weighted by Crippen LogP contribution is -2.31.